The third kappa shape index (κ3) is 5.02. The van der Waals surface area contributed by atoms with Gasteiger partial charge in [-0.1, -0.05) is 12.5 Å². The Balaban J connectivity index is 2.07. The maximum atomic E-state index is 12.4. The Morgan fingerprint density at radius 1 is 1.25 bits per heavy atom. The molecule has 15 heteroatoms. The number of aromatic nitrogens is 4. The van der Waals surface area contributed by atoms with E-state index in [1.54, 1.807) is 0 Å². The summed E-state index contributed by atoms with van der Waals surface area (Å²) in [4.78, 5) is 51.2. The summed E-state index contributed by atoms with van der Waals surface area (Å²) in [6.45, 7) is 2.50. The topological polar surface area (TPSA) is 210 Å². The first-order chi connectivity index (χ1) is 14.8. The van der Waals surface area contributed by atoms with E-state index in [0.717, 1.165) is 5.57 Å². The van der Waals surface area contributed by atoms with Crippen molar-refractivity contribution in [3.8, 4) is 0 Å². The number of H-pyrrole nitrogens is 2. The van der Waals surface area contributed by atoms with Crippen molar-refractivity contribution in [2.45, 2.75) is 45.1 Å². The fourth-order valence-corrected chi connectivity index (χ4v) is 4.24. The summed E-state index contributed by atoms with van der Waals surface area (Å²) >= 11 is 4.52. The van der Waals surface area contributed by atoms with Gasteiger partial charge in [-0.25, -0.2) is 18.9 Å². The van der Waals surface area contributed by atoms with Gasteiger partial charge in [-0.15, -0.1) is 12.6 Å². The maximum absolute atomic E-state index is 12.4. The lowest BCUT2D eigenvalue weighted by molar-refractivity contribution is -0.690. The van der Waals surface area contributed by atoms with Gasteiger partial charge in [-0.2, -0.15) is 4.98 Å². The van der Waals surface area contributed by atoms with E-state index >= 15 is 0 Å². The van der Waals surface area contributed by atoms with Crippen LogP contribution in [0, 0.1) is 5.92 Å². The highest BCUT2D eigenvalue weighted by molar-refractivity contribution is 7.90. The van der Waals surface area contributed by atoms with Gasteiger partial charge in [0, 0.05) is 11.3 Å². The fourth-order valence-electron chi connectivity index (χ4n) is 3.49. The molecule has 0 bridgehead atoms. The van der Waals surface area contributed by atoms with Crippen molar-refractivity contribution in [2.24, 2.45) is 5.92 Å². The Morgan fingerprint density at radius 2 is 1.91 bits per heavy atom. The Labute approximate surface area is 186 Å². The van der Waals surface area contributed by atoms with Crippen molar-refractivity contribution in [1.82, 2.24) is 15.0 Å². The van der Waals surface area contributed by atoms with Crippen LogP contribution in [0.25, 0.3) is 16.1 Å². The average molecular weight is 491 g/mol. The first-order valence-corrected chi connectivity index (χ1v) is 11.5. The molecule has 0 unspecified atom stereocenters. The summed E-state index contributed by atoms with van der Waals surface area (Å²) in [6.07, 6.45) is -4.93. The number of aliphatic hydroxyl groups is 3. The summed E-state index contributed by atoms with van der Waals surface area (Å²) in [7, 11) is -4.89. The molecule has 4 atom stereocenters. The zero-order valence-electron chi connectivity index (χ0n) is 17.1. The zero-order chi connectivity index (χ0) is 24.0. The van der Waals surface area contributed by atoms with Crippen molar-refractivity contribution in [3.05, 3.63) is 37.8 Å². The number of hydrogen-bond acceptors (Lipinski definition) is 9. The van der Waals surface area contributed by atoms with Crippen molar-refractivity contribution >= 4 is 36.5 Å². The molecule has 1 aliphatic rings. The van der Waals surface area contributed by atoms with Gasteiger partial charge in [-0.05, 0) is 12.8 Å². The third-order valence-electron chi connectivity index (χ3n) is 5.40. The van der Waals surface area contributed by atoms with Crippen LogP contribution >= 0.6 is 20.5 Å². The Hall–Kier alpha value is -1.90. The number of aromatic amines is 2. The van der Waals surface area contributed by atoms with Crippen LogP contribution in [0.3, 0.4) is 0 Å². The molecule has 0 spiro atoms. The molecule has 13 nitrogen and oxygen atoms in total. The van der Waals surface area contributed by atoms with Gasteiger partial charge >= 0.3 is 19.2 Å². The molecule has 0 fully saturated rings. The molecule has 0 amide bonds. The average Bonchev–Trinajstić information content (AvgIpc) is 2.70. The van der Waals surface area contributed by atoms with Crippen LogP contribution in [0.2, 0.25) is 0 Å². The van der Waals surface area contributed by atoms with Crippen LogP contribution in [-0.2, 0) is 22.1 Å². The van der Waals surface area contributed by atoms with E-state index in [1.807, 2.05) is 13.8 Å². The summed E-state index contributed by atoms with van der Waals surface area (Å²) in [5, 5.41) is 30.7. The van der Waals surface area contributed by atoms with Gasteiger partial charge < -0.3 is 25.1 Å². The molecule has 0 radical (unpaired) electrons. The number of fused-ring (bicyclic) bond motifs is 2. The van der Waals surface area contributed by atoms with E-state index in [-0.39, 0.29) is 23.6 Å². The fraction of sp³-hybridized carbons (Fsp3) is 0.529. The van der Waals surface area contributed by atoms with E-state index in [4.69, 9.17) is 9.79 Å². The van der Waals surface area contributed by atoms with Crippen LogP contribution < -0.4 is 15.8 Å². The number of phosphoric ester groups is 1. The van der Waals surface area contributed by atoms with Gasteiger partial charge in [0.1, 0.15) is 36.2 Å². The molecule has 2 aromatic heterocycles. The van der Waals surface area contributed by atoms with Gasteiger partial charge in [0.2, 0.25) is 5.52 Å². The second-order valence-electron chi connectivity index (χ2n) is 7.67. The number of thiol groups is 1. The molecule has 7 N–H and O–H groups in total. The van der Waals surface area contributed by atoms with E-state index in [0.29, 0.717) is 22.7 Å². The summed E-state index contributed by atoms with van der Waals surface area (Å²) in [5.41, 5.74) is 0.162. The van der Waals surface area contributed by atoms with Crippen molar-refractivity contribution in [3.63, 3.8) is 0 Å². The highest BCUT2D eigenvalue weighted by Crippen LogP contribution is 2.36. The molecule has 2 aromatic rings. The minimum atomic E-state index is -4.89. The lowest BCUT2D eigenvalue weighted by Crippen LogP contribution is -2.53. The summed E-state index contributed by atoms with van der Waals surface area (Å²) in [6, 6.07) is 0. The zero-order valence-corrected chi connectivity index (χ0v) is 18.9. The van der Waals surface area contributed by atoms with Crippen LogP contribution in [0.1, 0.15) is 25.2 Å². The molecule has 0 saturated heterocycles. The lowest BCUT2D eigenvalue weighted by atomic mass is 9.89. The van der Waals surface area contributed by atoms with E-state index in [9.17, 15) is 29.5 Å². The van der Waals surface area contributed by atoms with Crippen LogP contribution in [-0.4, -0.2) is 65.0 Å². The number of phosphoric acid groups is 1. The second kappa shape index (κ2) is 9.15. The highest BCUT2D eigenvalue weighted by atomic mass is 32.1. The summed E-state index contributed by atoms with van der Waals surface area (Å²) in [5.74, 6) is 0.0264. The van der Waals surface area contributed by atoms with Crippen molar-refractivity contribution < 1.29 is 38.8 Å². The van der Waals surface area contributed by atoms with E-state index in [1.165, 1.54) is 4.57 Å². The number of nitrogens with zero attached hydrogens (tertiary/aromatic N) is 2. The monoisotopic (exact) mass is 491 g/mol. The number of rotatable bonds is 7. The molecule has 176 valence electrons. The third-order valence-corrected chi connectivity index (χ3v) is 6.45. The maximum Gasteiger partial charge on any atom is 0.469 e. The lowest BCUT2D eigenvalue weighted by Gasteiger charge is -2.26. The largest absolute Gasteiger partial charge is 0.469 e. The molecule has 1 aliphatic carbocycles. The minimum absolute atomic E-state index is 0.00223. The Bertz CT molecular complexity index is 1240. The van der Waals surface area contributed by atoms with Gasteiger partial charge in [0.05, 0.1) is 6.61 Å². The number of hydrogen-bond donors (Lipinski definition) is 8. The number of allylic oxidation sites excluding steroid dienone is 1. The molecule has 2 heterocycles. The van der Waals surface area contributed by atoms with E-state index in [2.05, 4.69) is 32.1 Å². The Morgan fingerprint density at radius 3 is 2.53 bits per heavy atom. The molecule has 3 rings (SSSR count). The summed E-state index contributed by atoms with van der Waals surface area (Å²) < 4.78 is 16.4. The Kier molecular flexibility index (Phi) is 7.08. The quantitative estimate of drug-likeness (QED) is 0.121. The second-order valence-corrected chi connectivity index (χ2v) is 9.36. The van der Waals surface area contributed by atoms with Crippen LogP contribution in [0.15, 0.2) is 15.2 Å². The first-order valence-electron chi connectivity index (χ1n) is 9.53. The molecule has 0 aromatic carbocycles. The number of aliphatic hydroxyl groups excluding tert-OH is 3. The van der Waals surface area contributed by atoms with Crippen LogP contribution in [0.5, 0.6) is 0 Å². The predicted molar refractivity (Wildman–Crippen MR) is 114 cm³/mol. The first kappa shape index (κ1) is 24.7. The molecular formula is C17H24N4O9PS+. The molecule has 0 saturated carbocycles. The normalized spacial score (nSPS) is 19.7. The number of nitrogens with one attached hydrogen (secondary N) is 2. The van der Waals surface area contributed by atoms with Gasteiger partial charge in [0.25, 0.3) is 5.56 Å². The molecule has 32 heavy (non-hydrogen) atoms. The van der Waals surface area contributed by atoms with E-state index < -0.39 is 44.0 Å². The molecule has 0 aliphatic heterocycles. The SMILES string of the molecule is CC1=C(S)c2nc3c(=O)[nH]c(=O)[nH]c3[n+](C[C@H](O)[C@H](O)[C@H](O)COP(=O)(O)O)c2C[C@H]1C. The van der Waals surface area contributed by atoms with Gasteiger partial charge in [-0.3, -0.25) is 14.3 Å². The minimum Gasteiger partial charge on any atom is -0.388 e. The smallest absolute Gasteiger partial charge is 0.388 e. The predicted octanol–water partition coefficient (Wildman–Crippen LogP) is -2.06. The van der Waals surface area contributed by atoms with Crippen LogP contribution in [0.4, 0.5) is 0 Å². The van der Waals surface area contributed by atoms with Crippen molar-refractivity contribution in [1.29, 1.82) is 0 Å². The highest BCUT2D eigenvalue weighted by Gasteiger charge is 2.34. The van der Waals surface area contributed by atoms with Gasteiger partial charge in [0.15, 0.2) is 0 Å². The standard InChI is InChI=1S/C17H23N4O9PS/c1-6-3-8-11(14(32)7(6)2)18-12-15(19-17(26)20-16(12)25)21(8)4-9(22)13(24)10(23)5-30-31(27,28)29/h6,9-10,13,22-24H,3-5H2,1-2H3,(H4,20,25,26,27,28,29,32)/p+1/t6-,9+,10-,13+/m1/s1. The van der Waals surface area contributed by atoms with Crippen molar-refractivity contribution in [2.75, 3.05) is 6.61 Å². The molecular weight excluding hydrogens is 467 g/mol.